The van der Waals surface area contributed by atoms with Crippen LogP contribution in [0.5, 0.6) is 0 Å². The minimum Gasteiger partial charge on any atom is -0.338 e. The molecule has 2 heterocycles. The fourth-order valence-electron chi connectivity index (χ4n) is 3.33. The molecule has 1 aliphatic carbocycles. The van der Waals surface area contributed by atoms with E-state index in [1.54, 1.807) is 0 Å². The number of amides is 1. The first kappa shape index (κ1) is 16.7. The number of likely N-dealkylation sites (tertiary alicyclic amines) is 1. The highest BCUT2D eigenvalue weighted by Crippen LogP contribution is 2.33. The van der Waals surface area contributed by atoms with Crippen molar-refractivity contribution < 1.29 is 22.8 Å². The zero-order valence-electron chi connectivity index (χ0n) is 12.9. The van der Waals surface area contributed by atoms with Gasteiger partial charge in [-0.15, -0.1) is 0 Å². The molecule has 0 unspecified atom stereocenters. The van der Waals surface area contributed by atoms with Gasteiger partial charge in [0, 0.05) is 30.8 Å². The lowest BCUT2D eigenvalue weighted by atomic mass is 9.93. The van der Waals surface area contributed by atoms with Gasteiger partial charge < -0.3 is 9.88 Å². The van der Waals surface area contributed by atoms with Crippen LogP contribution in [0.15, 0.2) is 10.9 Å². The van der Waals surface area contributed by atoms with E-state index in [2.05, 4.69) is 4.98 Å². The summed E-state index contributed by atoms with van der Waals surface area (Å²) in [5.41, 5.74) is -0.109. The van der Waals surface area contributed by atoms with Crippen LogP contribution in [0.1, 0.15) is 52.1 Å². The summed E-state index contributed by atoms with van der Waals surface area (Å²) in [6.45, 7) is -0.275. The lowest BCUT2D eigenvalue weighted by Gasteiger charge is -2.33. The smallest absolute Gasteiger partial charge is 0.338 e. The van der Waals surface area contributed by atoms with Crippen LogP contribution >= 0.6 is 0 Å². The van der Waals surface area contributed by atoms with Gasteiger partial charge in [0.2, 0.25) is 0 Å². The number of Topliss-reactive ketones (excluding diaryl/α,β-unsaturated/α-hetero) is 1. The molecule has 0 aromatic carbocycles. The Balaban J connectivity index is 1.89. The average molecular weight is 342 g/mol. The largest absolute Gasteiger partial charge is 0.393 e. The van der Waals surface area contributed by atoms with E-state index in [1.165, 1.54) is 6.07 Å². The molecule has 0 bridgehead atoms. The molecule has 0 saturated carbocycles. The normalized spacial score (nSPS) is 21.5. The Hall–Kier alpha value is -2.12. The second-order valence-corrected chi connectivity index (χ2v) is 6.31. The minimum atomic E-state index is -4.36. The molecule has 0 radical (unpaired) electrons. The number of aromatic amines is 1. The number of hydrogen-bond donors (Lipinski definition) is 1. The quantitative estimate of drug-likeness (QED) is 0.851. The van der Waals surface area contributed by atoms with Crippen molar-refractivity contribution in [3.63, 3.8) is 0 Å². The van der Waals surface area contributed by atoms with Crippen LogP contribution < -0.4 is 5.56 Å². The Labute approximate surface area is 135 Å². The van der Waals surface area contributed by atoms with E-state index >= 15 is 0 Å². The summed E-state index contributed by atoms with van der Waals surface area (Å²) in [7, 11) is 0. The van der Waals surface area contributed by atoms with E-state index < -0.39 is 30.1 Å². The fraction of sp³-hybridized carbons (Fsp3) is 0.562. The molecule has 1 aromatic rings. The number of hydrogen-bond acceptors (Lipinski definition) is 3. The Kier molecular flexibility index (Phi) is 4.23. The number of carbonyl (C=O) groups is 2. The highest BCUT2D eigenvalue weighted by Gasteiger charge is 2.43. The Morgan fingerprint density at radius 3 is 2.67 bits per heavy atom. The molecule has 130 valence electrons. The topological polar surface area (TPSA) is 70.2 Å². The first-order valence-electron chi connectivity index (χ1n) is 7.93. The van der Waals surface area contributed by atoms with Gasteiger partial charge in [0.1, 0.15) is 5.56 Å². The lowest BCUT2D eigenvalue weighted by molar-refractivity contribution is -0.184. The van der Waals surface area contributed by atoms with Crippen molar-refractivity contribution >= 4 is 11.7 Å². The Morgan fingerprint density at radius 1 is 1.21 bits per heavy atom. The average Bonchev–Trinajstić information content (AvgIpc) is 2.53. The number of alkyl halides is 3. The Bertz CT molecular complexity index is 739. The highest BCUT2D eigenvalue weighted by atomic mass is 19.4. The van der Waals surface area contributed by atoms with Crippen molar-refractivity contribution in [2.24, 2.45) is 5.92 Å². The van der Waals surface area contributed by atoms with Crippen LogP contribution in [0.2, 0.25) is 0 Å². The maximum atomic E-state index is 12.9. The number of piperidine rings is 1. The maximum Gasteiger partial charge on any atom is 0.393 e. The molecule has 1 aliphatic heterocycles. The van der Waals surface area contributed by atoms with Crippen molar-refractivity contribution in [1.29, 1.82) is 0 Å². The van der Waals surface area contributed by atoms with Gasteiger partial charge in [0.05, 0.1) is 5.92 Å². The molecule has 8 heteroatoms. The summed E-state index contributed by atoms with van der Waals surface area (Å²) in [4.78, 5) is 40.2. The van der Waals surface area contributed by atoms with E-state index in [1.807, 2.05) is 0 Å². The third-order valence-corrected chi connectivity index (χ3v) is 4.66. The summed E-state index contributed by atoms with van der Waals surface area (Å²) in [6, 6.07) is 1.25. The summed E-state index contributed by atoms with van der Waals surface area (Å²) >= 11 is 0. The number of ketones is 1. The number of nitrogens with zero attached hydrogens (tertiary/aromatic N) is 1. The van der Waals surface area contributed by atoms with E-state index in [4.69, 9.17) is 0 Å². The molecule has 1 aromatic heterocycles. The van der Waals surface area contributed by atoms with Gasteiger partial charge in [-0.05, 0) is 31.7 Å². The maximum absolute atomic E-state index is 12.9. The van der Waals surface area contributed by atoms with E-state index in [0.29, 0.717) is 30.5 Å². The molecule has 0 spiro atoms. The minimum absolute atomic E-state index is 0.0215. The molecule has 1 N–H and O–H groups in total. The number of aryl methyl sites for hydroxylation is 1. The van der Waals surface area contributed by atoms with Crippen molar-refractivity contribution in [3.8, 4) is 0 Å². The highest BCUT2D eigenvalue weighted by molar-refractivity contribution is 6.01. The van der Waals surface area contributed by atoms with Crippen LogP contribution in [0.25, 0.3) is 0 Å². The molecule has 1 saturated heterocycles. The number of fused-ring (bicyclic) bond motifs is 1. The van der Waals surface area contributed by atoms with Crippen molar-refractivity contribution in [1.82, 2.24) is 9.88 Å². The van der Waals surface area contributed by atoms with Gasteiger partial charge in [0.25, 0.3) is 11.5 Å². The van der Waals surface area contributed by atoms with E-state index in [9.17, 15) is 27.6 Å². The molecule has 5 nitrogen and oxygen atoms in total. The molecule has 1 fully saturated rings. The van der Waals surface area contributed by atoms with Crippen LogP contribution in [-0.4, -0.2) is 40.8 Å². The predicted octanol–water partition coefficient (Wildman–Crippen LogP) is 2.31. The summed E-state index contributed by atoms with van der Waals surface area (Å²) in [5, 5.41) is 0. The van der Waals surface area contributed by atoms with Gasteiger partial charge in [0.15, 0.2) is 5.78 Å². The molecular weight excluding hydrogens is 325 g/mol. The van der Waals surface area contributed by atoms with Gasteiger partial charge in [-0.2, -0.15) is 13.2 Å². The third kappa shape index (κ3) is 3.09. The molecule has 3 rings (SSSR count). The summed E-state index contributed by atoms with van der Waals surface area (Å²) in [6.07, 6.45) is -2.63. The van der Waals surface area contributed by atoms with Gasteiger partial charge in [-0.1, -0.05) is 0 Å². The second kappa shape index (κ2) is 6.07. The molecule has 24 heavy (non-hydrogen) atoms. The van der Waals surface area contributed by atoms with Crippen LogP contribution in [-0.2, 0) is 6.42 Å². The van der Waals surface area contributed by atoms with Crippen LogP contribution in [0.4, 0.5) is 13.2 Å². The van der Waals surface area contributed by atoms with Crippen molar-refractivity contribution in [3.05, 3.63) is 33.2 Å². The predicted molar refractivity (Wildman–Crippen MR) is 79.0 cm³/mol. The van der Waals surface area contributed by atoms with Gasteiger partial charge in [-0.3, -0.25) is 14.4 Å². The molecule has 1 atom stereocenters. The number of carbonyl (C=O) groups excluding carboxylic acids is 2. The fourth-order valence-corrected chi connectivity index (χ4v) is 3.33. The zero-order chi connectivity index (χ0) is 17.5. The lowest BCUT2D eigenvalue weighted by Crippen LogP contribution is -2.46. The number of H-pyrrole nitrogens is 1. The van der Waals surface area contributed by atoms with Crippen LogP contribution in [0, 0.1) is 5.92 Å². The van der Waals surface area contributed by atoms with Crippen molar-refractivity contribution in [2.45, 2.75) is 38.3 Å². The first-order valence-corrected chi connectivity index (χ1v) is 7.93. The summed E-state index contributed by atoms with van der Waals surface area (Å²) in [5.74, 6) is -2.48. The standard InChI is InChI=1S/C16H17F3N2O3/c17-16(18,19)9-3-2-6-21(8-9)15(24)11-7-10-12(20-14(11)23)4-1-5-13(10)22/h7,9H,1-6,8H2,(H,20,23)/t9-/m0/s1. The second-order valence-electron chi connectivity index (χ2n) is 6.31. The van der Waals surface area contributed by atoms with Crippen LogP contribution in [0.3, 0.4) is 0 Å². The van der Waals surface area contributed by atoms with E-state index in [-0.39, 0.29) is 30.7 Å². The number of nitrogens with one attached hydrogen (secondary N) is 1. The number of halogens is 3. The van der Waals surface area contributed by atoms with Gasteiger partial charge in [-0.25, -0.2) is 0 Å². The monoisotopic (exact) mass is 342 g/mol. The first-order chi connectivity index (χ1) is 11.3. The number of rotatable bonds is 1. The number of aromatic nitrogens is 1. The Morgan fingerprint density at radius 2 is 1.96 bits per heavy atom. The third-order valence-electron chi connectivity index (χ3n) is 4.66. The SMILES string of the molecule is O=C1CCCc2[nH]c(=O)c(C(=O)N3CCC[C@H](C(F)(F)F)C3)cc21. The zero-order valence-corrected chi connectivity index (χ0v) is 12.9. The van der Waals surface area contributed by atoms with Crippen molar-refractivity contribution in [2.75, 3.05) is 13.1 Å². The summed E-state index contributed by atoms with van der Waals surface area (Å²) < 4.78 is 38.7. The number of pyridine rings is 1. The molecule has 2 aliphatic rings. The van der Waals surface area contributed by atoms with Gasteiger partial charge >= 0.3 is 6.18 Å². The molecular formula is C16H17F3N2O3. The molecule has 1 amide bonds. The van der Waals surface area contributed by atoms with E-state index in [0.717, 1.165) is 4.90 Å².